The van der Waals surface area contributed by atoms with Crippen molar-refractivity contribution in [1.82, 2.24) is 20.2 Å². The highest BCUT2D eigenvalue weighted by atomic mass is 35.5. The Bertz CT molecular complexity index is 1010. The zero-order valence-electron chi connectivity index (χ0n) is 15.9. The first-order chi connectivity index (χ1) is 14.0. The zero-order valence-corrected chi connectivity index (χ0v) is 17.4. The Morgan fingerprint density at radius 3 is 2.41 bits per heavy atom. The number of aliphatic hydroxyl groups is 1. The van der Waals surface area contributed by atoms with Gasteiger partial charge in [0.2, 0.25) is 0 Å². The van der Waals surface area contributed by atoms with Gasteiger partial charge in [0.1, 0.15) is 5.25 Å². The van der Waals surface area contributed by atoms with Crippen LogP contribution in [-0.4, -0.2) is 40.3 Å². The standard InChI is InChI=1S/C20H23ClN4O3S/c21-17-10-12-18(13-11-17)29(27,28)19(9-5-2-6-14-26)20-22-23-24-25(20)15-16-7-3-1-4-8-16/h1,3-4,7-8,10-13,19,26H,2,5-6,9,14-15H2. The number of halogens is 1. The van der Waals surface area contributed by atoms with Gasteiger partial charge in [-0.3, -0.25) is 0 Å². The zero-order chi connectivity index (χ0) is 20.7. The monoisotopic (exact) mass is 434 g/mol. The molecule has 0 spiro atoms. The Morgan fingerprint density at radius 2 is 1.72 bits per heavy atom. The average Bonchev–Trinajstić information content (AvgIpc) is 3.16. The maximum absolute atomic E-state index is 13.4. The highest BCUT2D eigenvalue weighted by molar-refractivity contribution is 7.91. The topological polar surface area (TPSA) is 98.0 Å². The second kappa shape index (κ2) is 9.96. The van der Waals surface area contributed by atoms with Crippen molar-refractivity contribution < 1.29 is 13.5 Å². The van der Waals surface area contributed by atoms with Gasteiger partial charge < -0.3 is 5.11 Å². The predicted octanol–water partition coefficient (Wildman–Crippen LogP) is 3.44. The summed E-state index contributed by atoms with van der Waals surface area (Å²) < 4.78 is 28.4. The lowest BCUT2D eigenvalue weighted by Gasteiger charge is -2.17. The van der Waals surface area contributed by atoms with Crippen LogP contribution in [0.25, 0.3) is 0 Å². The highest BCUT2D eigenvalue weighted by Crippen LogP contribution is 2.33. The molecule has 3 rings (SSSR count). The molecule has 0 fully saturated rings. The van der Waals surface area contributed by atoms with Crippen molar-refractivity contribution in [1.29, 1.82) is 0 Å². The number of tetrazole rings is 1. The molecule has 29 heavy (non-hydrogen) atoms. The summed E-state index contributed by atoms with van der Waals surface area (Å²) in [5.41, 5.74) is 0.976. The number of aromatic nitrogens is 4. The van der Waals surface area contributed by atoms with E-state index in [1.807, 2.05) is 30.3 Å². The van der Waals surface area contributed by atoms with Crippen LogP contribution in [0.2, 0.25) is 5.02 Å². The molecule has 1 N–H and O–H groups in total. The first-order valence-electron chi connectivity index (χ1n) is 9.42. The molecule has 0 saturated carbocycles. The summed E-state index contributed by atoms with van der Waals surface area (Å²) in [7, 11) is -3.73. The van der Waals surface area contributed by atoms with Crippen LogP contribution >= 0.6 is 11.6 Å². The van der Waals surface area contributed by atoms with Gasteiger partial charge in [0.25, 0.3) is 0 Å². The van der Waals surface area contributed by atoms with Gasteiger partial charge in [0.15, 0.2) is 15.7 Å². The largest absolute Gasteiger partial charge is 0.396 e. The molecule has 2 aromatic carbocycles. The SMILES string of the molecule is O=S(=O)(c1ccc(Cl)cc1)C(CCCCCO)c1nnnn1Cc1ccccc1. The minimum absolute atomic E-state index is 0.0837. The molecule has 3 aromatic rings. The van der Waals surface area contributed by atoms with Crippen LogP contribution in [0, 0.1) is 0 Å². The Balaban J connectivity index is 1.94. The highest BCUT2D eigenvalue weighted by Gasteiger charge is 2.33. The second-order valence-corrected chi connectivity index (χ2v) is 9.31. The molecule has 0 aliphatic rings. The number of hydrogen-bond acceptors (Lipinski definition) is 6. The average molecular weight is 435 g/mol. The number of rotatable bonds is 10. The first-order valence-corrected chi connectivity index (χ1v) is 11.3. The summed E-state index contributed by atoms with van der Waals surface area (Å²) in [4.78, 5) is 0.184. The van der Waals surface area contributed by atoms with Gasteiger partial charge in [0, 0.05) is 11.6 Å². The van der Waals surface area contributed by atoms with Crippen LogP contribution in [0.3, 0.4) is 0 Å². The maximum atomic E-state index is 13.4. The van der Waals surface area contributed by atoms with Gasteiger partial charge in [-0.2, -0.15) is 0 Å². The van der Waals surface area contributed by atoms with Gasteiger partial charge in [-0.15, -0.1) is 5.10 Å². The fraction of sp³-hybridized carbons (Fsp3) is 0.350. The van der Waals surface area contributed by atoms with Crippen molar-refractivity contribution in [3.8, 4) is 0 Å². The number of hydrogen-bond donors (Lipinski definition) is 1. The Labute approximate surface area is 175 Å². The summed E-state index contributed by atoms with van der Waals surface area (Å²) in [5.74, 6) is 0.313. The number of benzene rings is 2. The van der Waals surface area contributed by atoms with E-state index in [9.17, 15) is 8.42 Å². The molecule has 9 heteroatoms. The third-order valence-corrected chi connectivity index (χ3v) is 7.04. The number of sulfone groups is 1. The van der Waals surface area contributed by atoms with Crippen molar-refractivity contribution in [3.05, 3.63) is 71.0 Å². The fourth-order valence-electron chi connectivity index (χ4n) is 3.14. The van der Waals surface area contributed by atoms with E-state index in [2.05, 4.69) is 15.5 Å². The summed E-state index contributed by atoms with van der Waals surface area (Å²) in [6, 6.07) is 15.7. The van der Waals surface area contributed by atoms with Crippen LogP contribution in [-0.2, 0) is 16.4 Å². The van der Waals surface area contributed by atoms with Crippen LogP contribution in [0.1, 0.15) is 42.3 Å². The van der Waals surface area contributed by atoms with E-state index in [1.54, 1.807) is 16.8 Å². The normalized spacial score (nSPS) is 12.8. The van der Waals surface area contributed by atoms with E-state index >= 15 is 0 Å². The summed E-state index contributed by atoms with van der Waals surface area (Å²) in [6.07, 6.45) is 2.35. The van der Waals surface area contributed by atoms with E-state index in [-0.39, 0.29) is 11.5 Å². The van der Waals surface area contributed by atoms with Crippen molar-refractivity contribution >= 4 is 21.4 Å². The maximum Gasteiger partial charge on any atom is 0.188 e. The minimum Gasteiger partial charge on any atom is -0.396 e. The van der Waals surface area contributed by atoms with Crippen LogP contribution in [0.5, 0.6) is 0 Å². The lowest BCUT2D eigenvalue weighted by Crippen LogP contribution is -2.20. The number of nitrogens with zero attached hydrogens (tertiary/aromatic N) is 4. The summed E-state index contributed by atoms with van der Waals surface area (Å²) in [6.45, 7) is 0.465. The lowest BCUT2D eigenvalue weighted by molar-refractivity contribution is 0.282. The van der Waals surface area contributed by atoms with Gasteiger partial charge in [-0.05, 0) is 53.1 Å². The number of unbranched alkanes of at least 4 members (excludes halogenated alkanes) is 2. The van der Waals surface area contributed by atoms with E-state index in [1.165, 1.54) is 12.1 Å². The molecule has 7 nitrogen and oxygen atoms in total. The van der Waals surface area contributed by atoms with Crippen LogP contribution < -0.4 is 0 Å². The summed E-state index contributed by atoms with van der Waals surface area (Å²) in [5, 5.41) is 20.4. The molecular formula is C20H23ClN4O3S. The van der Waals surface area contributed by atoms with E-state index in [4.69, 9.17) is 16.7 Å². The molecule has 0 aliphatic carbocycles. The molecule has 1 aromatic heterocycles. The van der Waals surface area contributed by atoms with Crippen molar-refractivity contribution in [3.63, 3.8) is 0 Å². The Kier molecular flexibility index (Phi) is 7.35. The molecule has 0 aliphatic heterocycles. The van der Waals surface area contributed by atoms with Crippen molar-refractivity contribution in [2.24, 2.45) is 0 Å². The summed E-state index contributed by atoms with van der Waals surface area (Å²) >= 11 is 5.92. The van der Waals surface area contributed by atoms with Crippen molar-refractivity contribution in [2.45, 2.75) is 42.4 Å². The third-order valence-electron chi connectivity index (χ3n) is 4.66. The minimum atomic E-state index is -3.73. The smallest absolute Gasteiger partial charge is 0.188 e. The molecule has 0 bridgehead atoms. The molecule has 154 valence electrons. The molecule has 1 heterocycles. The lowest BCUT2D eigenvalue weighted by atomic mass is 10.1. The third kappa shape index (κ3) is 5.41. The van der Waals surface area contributed by atoms with Crippen LogP contribution in [0.4, 0.5) is 0 Å². The molecular weight excluding hydrogens is 412 g/mol. The van der Waals surface area contributed by atoms with Gasteiger partial charge in [-0.1, -0.05) is 54.8 Å². The van der Waals surface area contributed by atoms with E-state index in [0.717, 1.165) is 12.0 Å². The fourth-order valence-corrected chi connectivity index (χ4v) is 5.03. The number of aliphatic hydroxyl groups excluding tert-OH is 1. The molecule has 0 radical (unpaired) electrons. The van der Waals surface area contributed by atoms with Crippen LogP contribution in [0.15, 0.2) is 59.5 Å². The first kappa shape index (κ1) is 21.4. The van der Waals surface area contributed by atoms with E-state index < -0.39 is 15.1 Å². The molecule has 0 amide bonds. The van der Waals surface area contributed by atoms with Gasteiger partial charge >= 0.3 is 0 Å². The quantitative estimate of drug-likeness (QED) is 0.491. The Hall–Kier alpha value is -2.29. The second-order valence-electron chi connectivity index (χ2n) is 6.74. The van der Waals surface area contributed by atoms with Gasteiger partial charge in [0.05, 0.1) is 11.4 Å². The molecule has 1 unspecified atom stereocenters. The molecule has 0 saturated heterocycles. The van der Waals surface area contributed by atoms with Crippen molar-refractivity contribution in [2.75, 3.05) is 6.61 Å². The Morgan fingerprint density at radius 1 is 1.00 bits per heavy atom. The predicted molar refractivity (Wildman–Crippen MR) is 110 cm³/mol. The van der Waals surface area contributed by atoms with E-state index in [0.29, 0.717) is 36.7 Å². The van der Waals surface area contributed by atoms with Gasteiger partial charge in [-0.25, -0.2) is 13.1 Å². The molecule has 1 atom stereocenters.